The summed E-state index contributed by atoms with van der Waals surface area (Å²) < 4.78 is 45.6. The number of carbonyl (C=O) groups excluding carboxylic acids is 1. The number of ether oxygens (including phenoxy) is 1. The Bertz CT molecular complexity index is 1070. The van der Waals surface area contributed by atoms with Crippen molar-refractivity contribution in [1.82, 2.24) is 14.7 Å². The van der Waals surface area contributed by atoms with Gasteiger partial charge in [0.25, 0.3) is 5.91 Å². The molecule has 3 aromatic rings. The smallest absolute Gasteiger partial charge is 0.434 e. The maximum atomic E-state index is 13.1. The molecule has 0 unspecified atom stereocenters. The van der Waals surface area contributed by atoms with Crippen molar-refractivity contribution in [2.24, 2.45) is 0 Å². The summed E-state index contributed by atoms with van der Waals surface area (Å²) in [6.45, 7) is 0.412. The van der Waals surface area contributed by atoms with Gasteiger partial charge in [0.05, 0.1) is 7.11 Å². The number of alkyl halides is 3. The lowest BCUT2D eigenvalue weighted by Gasteiger charge is -2.38. The Labute approximate surface area is 178 Å². The highest BCUT2D eigenvalue weighted by Gasteiger charge is 2.36. The second-order valence-corrected chi connectivity index (χ2v) is 8.02. The molecule has 1 N–H and O–H groups in total. The van der Waals surface area contributed by atoms with Crippen molar-refractivity contribution in [3.8, 4) is 5.75 Å². The van der Waals surface area contributed by atoms with Crippen molar-refractivity contribution in [1.29, 1.82) is 0 Å². The highest BCUT2D eigenvalue weighted by atomic mass is 19.4. The van der Waals surface area contributed by atoms with Crippen molar-refractivity contribution in [2.45, 2.75) is 43.7 Å². The Morgan fingerprint density at radius 2 is 1.84 bits per heavy atom. The zero-order valence-corrected chi connectivity index (χ0v) is 17.2. The highest BCUT2D eigenvalue weighted by molar-refractivity contribution is 5.93. The maximum Gasteiger partial charge on any atom is 0.434 e. The zero-order chi connectivity index (χ0) is 22.1. The first-order chi connectivity index (χ1) is 14.8. The van der Waals surface area contributed by atoms with Crippen LogP contribution in [-0.4, -0.2) is 28.9 Å². The molecule has 2 heterocycles. The number of nitrogens with zero attached hydrogens (tertiary/aromatic N) is 2. The number of imidazole rings is 1. The third-order valence-corrected chi connectivity index (χ3v) is 6.12. The van der Waals surface area contributed by atoms with Crippen LogP contribution in [0.25, 0.3) is 5.65 Å². The van der Waals surface area contributed by atoms with Gasteiger partial charge in [-0.25, -0.2) is 4.98 Å². The molecule has 0 bridgehead atoms. The molecule has 5 nitrogen and oxygen atoms in total. The van der Waals surface area contributed by atoms with Crippen LogP contribution in [0.4, 0.5) is 13.2 Å². The van der Waals surface area contributed by atoms with Gasteiger partial charge in [-0.2, -0.15) is 13.2 Å². The van der Waals surface area contributed by atoms with Crippen LogP contribution in [0.5, 0.6) is 5.75 Å². The van der Waals surface area contributed by atoms with Gasteiger partial charge >= 0.3 is 6.18 Å². The van der Waals surface area contributed by atoms with Crippen LogP contribution in [0, 0.1) is 0 Å². The molecule has 8 heteroatoms. The van der Waals surface area contributed by atoms with Crippen LogP contribution < -0.4 is 10.1 Å². The molecule has 4 rings (SSSR count). The molecule has 1 saturated carbocycles. The van der Waals surface area contributed by atoms with Gasteiger partial charge in [-0.1, -0.05) is 37.5 Å². The number of hydrogen-bond acceptors (Lipinski definition) is 3. The molecule has 0 spiro atoms. The standard InChI is InChI=1S/C23H24F3N3O2/c1-31-17-10-8-16(9-11-17)22(12-3-2-4-13-22)15-27-21(30)18-6-5-7-20-28-19(14-29(18)20)23(24,25)26/h5-11,14H,2-4,12-13,15H2,1H3,(H,27,30). The first kappa shape index (κ1) is 21.2. The fraction of sp³-hybridized carbons (Fsp3) is 0.391. The normalized spacial score (nSPS) is 16.3. The summed E-state index contributed by atoms with van der Waals surface area (Å²) in [5.74, 6) is 0.348. The molecule has 0 saturated heterocycles. The third kappa shape index (κ3) is 4.24. The molecule has 31 heavy (non-hydrogen) atoms. The average molecular weight is 431 g/mol. The van der Waals surface area contributed by atoms with E-state index >= 15 is 0 Å². The number of carbonyl (C=O) groups is 1. The van der Waals surface area contributed by atoms with Gasteiger partial charge in [0, 0.05) is 18.2 Å². The van der Waals surface area contributed by atoms with E-state index in [-0.39, 0.29) is 16.8 Å². The fourth-order valence-electron chi connectivity index (χ4n) is 4.41. The number of methoxy groups -OCH3 is 1. The minimum absolute atomic E-state index is 0.0857. The second kappa shape index (κ2) is 8.24. The predicted molar refractivity (Wildman–Crippen MR) is 110 cm³/mol. The highest BCUT2D eigenvalue weighted by Crippen LogP contribution is 2.39. The van der Waals surface area contributed by atoms with Crippen LogP contribution in [0.2, 0.25) is 0 Å². The van der Waals surface area contributed by atoms with Gasteiger partial charge in [-0.05, 0) is 42.7 Å². The van der Waals surface area contributed by atoms with Crippen LogP contribution >= 0.6 is 0 Å². The minimum atomic E-state index is -4.57. The monoisotopic (exact) mass is 431 g/mol. The number of rotatable bonds is 5. The summed E-state index contributed by atoms with van der Waals surface area (Å²) in [7, 11) is 1.62. The largest absolute Gasteiger partial charge is 0.497 e. The van der Waals surface area contributed by atoms with Gasteiger partial charge in [0.2, 0.25) is 0 Å². The number of aromatic nitrogens is 2. The van der Waals surface area contributed by atoms with Crippen LogP contribution in [0.1, 0.15) is 53.8 Å². The molecule has 1 aliphatic rings. The average Bonchev–Trinajstić information content (AvgIpc) is 3.23. The summed E-state index contributed by atoms with van der Waals surface area (Å²) in [5, 5.41) is 2.98. The van der Waals surface area contributed by atoms with E-state index in [1.165, 1.54) is 22.6 Å². The molecular weight excluding hydrogens is 407 g/mol. The predicted octanol–water partition coefficient (Wildman–Crippen LogP) is 4.99. The number of halogens is 3. The topological polar surface area (TPSA) is 55.6 Å². The van der Waals surface area contributed by atoms with Gasteiger partial charge in [-0.15, -0.1) is 0 Å². The van der Waals surface area contributed by atoms with E-state index in [9.17, 15) is 18.0 Å². The summed E-state index contributed by atoms with van der Waals surface area (Å²) in [6, 6.07) is 12.4. The maximum absolute atomic E-state index is 13.1. The number of fused-ring (bicyclic) bond motifs is 1. The Balaban J connectivity index is 1.59. The summed E-state index contributed by atoms with van der Waals surface area (Å²) in [4.78, 5) is 16.6. The van der Waals surface area contributed by atoms with Crippen LogP contribution in [0.15, 0.2) is 48.7 Å². The van der Waals surface area contributed by atoms with Gasteiger partial charge in [-0.3, -0.25) is 9.20 Å². The SMILES string of the molecule is COc1ccc(C2(CNC(=O)c3cccc4nc(C(F)(F)F)cn34)CCCCC2)cc1. The molecule has 164 valence electrons. The summed E-state index contributed by atoms with van der Waals surface area (Å²) in [5.41, 5.74) is 0.118. The molecule has 0 atom stereocenters. The Kier molecular flexibility index (Phi) is 5.64. The van der Waals surface area contributed by atoms with E-state index in [0.29, 0.717) is 6.54 Å². The summed E-state index contributed by atoms with van der Waals surface area (Å²) in [6.07, 6.45) is 1.45. The Morgan fingerprint density at radius 3 is 2.48 bits per heavy atom. The van der Waals surface area contributed by atoms with E-state index in [4.69, 9.17) is 4.74 Å². The molecular formula is C23H24F3N3O2. The Morgan fingerprint density at radius 1 is 1.13 bits per heavy atom. The van der Waals surface area contributed by atoms with Crippen LogP contribution in [0.3, 0.4) is 0 Å². The van der Waals surface area contributed by atoms with Gasteiger partial charge in [0.15, 0.2) is 5.69 Å². The molecule has 1 amide bonds. The molecule has 0 aliphatic heterocycles. The van der Waals surface area contributed by atoms with Crippen molar-refractivity contribution < 1.29 is 22.7 Å². The van der Waals surface area contributed by atoms with Crippen molar-refractivity contribution >= 4 is 11.6 Å². The fourth-order valence-corrected chi connectivity index (χ4v) is 4.41. The quantitative estimate of drug-likeness (QED) is 0.619. The number of nitrogens with one attached hydrogen (secondary N) is 1. The minimum Gasteiger partial charge on any atom is -0.497 e. The third-order valence-electron chi connectivity index (χ3n) is 6.12. The van der Waals surface area contributed by atoms with Crippen LogP contribution in [-0.2, 0) is 11.6 Å². The number of amides is 1. The molecule has 2 aromatic heterocycles. The first-order valence-corrected chi connectivity index (χ1v) is 10.3. The molecule has 1 aliphatic carbocycles. The van der Waals surface area contributed by atoms with Gasteiger partial charge in [0.1, 0.15) is 17.1 Å². The van der Waals surface area contributed by atoms with Crippen molar-refractivity contribution in [2.75, 3.05) is 13.7 Å². The first-order valence-electron chi connectivity index (χ1n) is 10.3. The van der Waals surface area contributed by atoms with E-state index in [1.54, 1.807) is 7.11 Å². The number of pyridine rings is 1. The molecule has 0 radical (unpaired) electrons. The molecule has 1 fully saturated rings. The van der Waals surface area contributed by atoms with E-state index in [0.717, 1.165) is 49.6 Å². The lowest BCUT2D eigenvalue weighted by atomic mass is 9.69. The van der Waals surface area contributed by atoms with Crippen molar-refractivity contribution in [3.63, 3.8) is 0 Å². The second-order valence-electron chi connectivity index (χ2n) is 8.02. The van der Waals surface area contributed by atoms with E-state index in [1.807, 2.05) is 24.3 Å². The van der Waals surface area contributed by atoms with E-state index in [2.05, 4.69) is 10.3 Å². The lowest BCUT2D eigenvalue weighted by Crippen LogP contribution is -2.42. The lowest BCUT2D eigenvalue weighted by molar-refractivity contribution is -0.140. The van der Waals surface area contributed by atoms with Gasteiger partial charge < -0.3 is 10.1 Å². The summed E-state index contributed by atoms with van der Waals surface area (Å²) >= 11 is 0. The zero-order valence-electron chi connectivity index (χ0n) is 17.2. The van der Waals surface area contributed by atoms with Crippen molar-refractivity contribution in [3.05, 3.63) is 65.6 Å². The number of benzene rings is 1. The molecule has 1 aromatic carbocycles. The Hall–Kier alpha value is -3.03. The van der Waals surface area contributed by atoms with E-state index < -0.39 is 17.8 Å². The number of hydrogen-bond donors (Lipinski definition) is 1.